The zero-order chi connectivity index (χ0) is 14.8. The first-order valence-electron chi connectivity index (χ1n) is 6.88. The van der Waals surface area contributed by atoms with Crippen molar-refractivity contribution in [3.05, 3.63) is 65.0 Å². The standard InChI is InChI=1S/C17H16FNO2/c1-21-14-7-6-13-11-19(9-8-12(13)10-14)17(20)15-4-2-3-5-16(15)18/h2-7,10H,8-9,11H2,1H3. The van der Waals surface area contributed by atoms with Gasteiger partial charge in [-0.05, 0) is 41.8 Å². The summed E-state index contributed by atoms with van der Waals surface area (Å²) in [6, 6.07) is 12.0. The Morgan fingerprint density at radius 2 is 2.00 bits per heavy atom. The second-order valence-corrected chi connectivity index (χ2v) is 5.09. The van der Waals surface area contributed by atoms with Gasteiger partial charge in [-0.1, -0.05) is 18.2 Å². The minimum absolute atomic E-state index is 0.134. The number of amides is 1. The lowest BCUT2D eigenvalue weighted by Gasteiger charge is -2.29. The zero-order valence-corrected chi connectivity index (χ0v) is 11.8. The van der Waals surface area contributed by atoms with E-state index in [2.05, 4.69) is 0 Å². The summed E-state index contributed by atoms with van der Waals surface area (Å²) in [5, 5.41) is 0. The van der Waals surface area contributed by atoms with Crippen LogP contribution in [0, 0.1) is 5.82 Å². The zero-order valence-electron chi connectivity index (χ0n) is 11.8. The third kappa shape index (κ3) is 2.61. The highest BCUT2D eigenvalue weighted by Gasteiger charge is 2.23. The van der Waals surface area contributed by atoms with Gasteiger partial charge in [-0.15, -0.1) is 0 Å². The molecule has 3 nitrogen and oxygen atoms in total. The van der Waals surface area contributed by atoms with Gasteiger partial charge in [0.05, 0.1) is 12.7 Å². The molecule has 0 fully saturated rings. The normalized spacial score (nSPS) is 13.7. The maximum Gasteiger partial charge on any atom is 0.257 e. The van der Waals surface area contributed by atoms with Gasteiger partial charge in [-0.25, -0.2) is 4.39 Å². The third-order valence-electron chi connectivity index (χ3n) is 3.82. The van der Waals surface area contributed by atoms with Crippen molar-refractivity contribution in [3.63, 3.8) is 0 Å². The molecule has 0 spiro atoms. The molecule has 3 rings (SSSR count). The summed E-state index contributed by atoms with van der Waals surface area (Å²) in [5.74, 6) is 0.0974. The second kappa shape index (κ2) is 5.56. The molecule has 0 aliphatic carbocycles. The molecular formula is C17H16FNO2. The van der Waals surface area contributed by atoms with E-state index in [0.29, 0.717) is 13.1 Å². The fourth-order valence-corrected chi connectivity index (χ4v) is 2.63. The maximum absolute atomic E-state index is 13.7. The first-order valence-corrected chi connectivity index (χ1v) is 6.88. The van der Waals surface area contributed by atoms with Crippen LogP contribution in [0.2, 0.25) is 0 Å². The van der Waals surface area contributed by atoms with E-state index in [4.69, 9.17) is 4.74 Å². The van der Waals surface area contributed by atoms with E-state index in [0.717, 1.165) is 17.7 Å². The number of methoxy groups -OCH3 is 1. The minimum Gasteiger partial charge on any atom is -0.497 e. The summed E-state index contributed by atoms with van der Waals surface area (Å²) in [6.07, 6.45) is 0.757. The van der Waals surface area contributed by atoms with Gasteiger partial charge in [0, 0.05) is 13.1 Å². The Bertz CT molecular complexity index is 684. The van der Waals surface area contributed by atoms with Crippen molar-refractivity contribution < 1.29 is 13.9 Å². The van der Waals surface area contributed by atoms with Gasteiger partial charge in [0.25, 0.3) is 5.91 Å². The summed E-state index contributed by atoms with van der Waals surface area (Å²) in [5.41, 5.74) is 2.41. The Hall–Kier alpha value is -2.36. The molecule has 1 amide bonds. The van der Waals surface area contributed by atoms with Crippen LogP contribution < -0.4 is 4.74 Å². The van der Waals surface area contributed by atoms with Crippen molar-refractivity contribution in [2.24, 2.45) is 0 Å². The molecular weight excluding hydrogens is 269 g/mol. The smallest absolute Gasteiger partial charge is 0.257 e. The molecule has 0 saturated heterocycles. The maximum atomic E-state index is 13.7. The highest BCUT2D eigenvalue weighted by Crippen LogP contribution is 2.25. The average Bonchev–Trinajstić information content (AvgIpc) is 2.53. The molecule has 0 atom stereocenters. The van der Waals surface area contributed by atoms with E-state index < -0.39 is 5.82 Å². The monoisotopic (exact) mass is 285 g/mol. The van der Waals surface area contributed by atoms with Crippen molar-refractivity contribution in [1.29, 1.82) is 0 Å². The SMILES string of the molecule is COc1ccc2c(c1)CCN(C(=O)c1ccccc1F)C2. The Balaban J connectivity index is 1.83. The number of fused-ring (bicyclic) bond motifs is 1. The van der Waals surface area contributed by atoms with E-state index in [1.165, 1.54) is 17.7 Å². The van der Waals surface area contributed by atoms with E-state index >= 15 is 0 Å². The second-order valence-electron chi connectivity index (χ2n) is 5.09. The molecule has 2 aromatic rings. The average molecular weight is 285 g/mol. The summed E-state index contributed by atoms with van der Waals surface area (Å²) in [7, 11) is 1.64. The topological polar surface area (TPSA) is 29.5 Å². The van der Waals surface area contributed by atoms with Gasteiger partial charge in [0.2, 0.25) is 0 Å². The first-order chi connectivity index (χ1) is 10.2. The molecule has 0 N–H and O–H groups in total. The van der Waals surface area contributed by atoms with Crippen molar-refractivity contribution in [3.8, 4) is 5.75 Å². The lowest BCUT2D eigenvalue weighted by molar-refractivity contribution is 0.0730. The summed E-state index contributed by atoms with van der Waals surface area (Å²) in [4.78, 5) is 14.1. The van der Waals surface area contributed by atoms with Gasteiger partial charge in [-0.2, -0.15) is 0 Å². The number of carbonyl (C=O) groups excluding carboxylic acids is 1. The Kier molecular flexibility index (Phi) is 3.60. The number of ether oxygens (including phenoxy) is 1. The summed E-state index contributed by atoms with van der Waals surface area (Å²) >= 11 is 0. The number of hydrogen-bond donors (Lipinski definition) is 0. The molecule has 0 saturated carbocycles. The van der Waals surface area contributed by atoms with Gasteiger partial charge in [0.1, 0.15) is 11.6 Å². The summed E-state index contributed by atoms with van der Waals surface area (Å²) < 4.78 is 18.9. The van der Waals surface area contributed by atoms with Crippen LogP contribution in [0.3, 0.4) is 0 Å². The van der Waals surface area contributed by atoms with Gasteiger partial charge in [-0.3, -0.25) is 4.79 Å². The van der Waals surface area contributed by atoms with Crippen LogP contribution in [-0.2, 0) is 13.0 Å². The Morgan fingerprint density at radius 1 is 1.19 bits per heavy atom. The van der Waals surface area contributed by atoms with Crippen molar-refractivity contribution in [2.75, 3.05) is 13.7 Å². The van der Waals surface area contributed by atoms with Crippen molar-refractivity contribution in [1.82, 2.24) is 4.90 Å². The molecule has 1 aliphatic heterocycles. The number of rotatable bonds is 2. The molecule has 0 radical (unpaired) electrons. The number of nitrogens with zero attached hydrogens (tertiary/aromatic N) is 1. The largest absolute Gasteiger partial charge is 0.497 e. The van der Waals surface area contributed by atoms with E-state index in [9.17, 15) is 9.18 Å². The molecule has 0 aromatic heterocycles. The predicted molar refractivity (Wildman–Crippen MR) is 77.8 cm³/mol. The molecule has 4 heteroatoms. The number of halogens is 1. The molecule has 21 heavy (non-hydrogen) atoms. The first kappa shape index (κ1) is 13.6. The fraction of sp³-hybridized carbons (Fsp3) is 0.235. The highest BCUT2D eigenvalue weighted by atomic mass is 19.1. The highest BCUT2D eigenvalue weighted by molar-refractivity contribution is 5.94. The van der Waals surface area contributed by atoms with Crippen LogP contribution in [0.4, 0.5) is 4.39 Å². The molecule has 0 unspecified atom stereocenters. The van der Waals surface area contributed by atoms with E-state index in [1.54, 1.807) is 24.1 Å². The van der Waals surface area contributed by atoms with Crippen LogP contribution >= 0.6 is 0 Å². The third-order valence-corrected chi connectivity index (χ3v) is 3.82. The van der Waals surface area contributed by atoms with Crippen LogP contribution in [0.1, 0.15) is 21.5 Å². The Morgan fingerprint density at radius 3 is 2.76 bits per heavy atom. The van der Waals surface area contributed by atoms with Crippen LogP contribution in [0.15, 0.2) is 42.5 Å². The quantitative estimate of drug-likeness (QED) is 0.849. The van der Waals surface area contributed by atoms with Gasteiger partial charge >= 0.3 is 0 Å². The molecule has 108 valence electrons. The van der Waals surface area contributed by atoms with Gasteiger partial charge in [0.15, 0.2) is 0 Å². The predicted octanol–water partition coefficient (Wildman–Crippen LogP) is 3.03. The molecule has 1 heterocycles. The van der Waals surface area contributed by atoms with Crippen LogP contribution in [0.5, 0.6) is 5.75 Å². The summed E-state index contributed by atoms with van der Waals surface area (Å²) in [6.45, 7) is 1.10. The van der Waals surface area contributed by atoms with Gasteiger partial charge < -0.3 is 9.64 Å². The number of carbonyl (C=O) groups is 1. The molecule has 1 aliphatic rings. The van der Waals surface area contributed by atoms with Crippen LogP contribution in [0.25, 0.3) is 0 Å². The number of hydrogen-bond acceptors (Lipinski definition) is 2. The van der Waals surface area contributed by atoms with Crippen molar-refractivity contribution in [2.45, 2.75) is 13.0 Å². The number of benzene rings is 2. The van der Waals surface area contributed by atoms with E-state index in [1.807, 2.05) is 18.2 Å². The van der Waals surface area contributed by atoms with Crippen LogP contribution in [-0.4, -0.2) is 24.5 Å². The fourth-order valence-electron chi connectivity index (χ4n) is 2.63. The molecule has 2 aromatic carbocycles. The lowest BCUT2D eigenvalue weighted by Crippen LogP contribution is -2.36. The van der Waals surface area contributed by atoms with E-state index in [-0.39, 0.29) is 11.5 Å². The Labute approximate surface area is 123 Å². The lowest BCUT2D eigenvalue weighted by atomic mass is 9.98. The van der Waals surface area contributed by atoms with Crippen molar-refractivity contribution >= 4 is 5.91 Å². The molecule has 0 bridgehead atoms. The minimum atomic E-state index is -0.469.